The molecule has 44 heavy (non-hydrogen) atoms. The molecular weight excluding hydrogens is 726 g/mol. The maximum Gasteiger partial charge on any atom is 0.217 e. The minimum atomic E-state index is -0.249. The summed E-state index contributed by atoms with van der Waals surface area (Å²) in [6.45, 7) is 19.5. The van der Waals surface area contributed by atoms with Crippen molar-refractivity contribution in [3.63, 3.8) is 0 Å². The molecule has 6 aromatic rings. The van der Waals surface area contributed by atoms with Crippen molar-refractivity contribution in [3.05, 3.63) is 95.7 Å². The Morgan fingerprint density at radius 3 is 2.09 bits per heavy atom. The number of fused-ring (bicyclic) bond motifs is 4. The van der Waals surface area contributed by atoms with E-state index in [1.165, 1.54) is 5.56 Å². The second kappa shape index (κ2) is 11.0. The third kappa shape index (κ3) is 5.63. The zero-order valence-electron chi connectivity index (χ0n) is 26.9. The monoisotopic (exact) mass is 765 g/mol. The van der Waals surface area contributed by atoms with Gasteiger partial charge in [0, 0.05) is 55.5 Å². The van der Waals surface area contributed by atoms with Gasteiger partial charge < -0.3 is 14.4 Å². The summed E-state index contributed by atoms with van der Waals surface area (Å²) in [7, 11) is 0. The van der Waals surface area contributed by atoms with Crippen molar-refractivity contribution in [2.24, 2.45) is 0 Å². The summed E-state index contributed by atoms with van der Waals surface area (Å²) < 4.78 is 8.50. The predicted molar refractivity (Wildman–Crippen MR) is 177 cm³/mol. The Kier molecular flexibility index (Phi) is 7.95. The van der Waals surface area contributed by atoms with E-state index in [0.29, 0.717) is 17.1 Å². The van der Waals surface area contributed by atoms with Crippen molar-refractivity contribution in [1.82, 2.24) is 14.5 Å². The van der Waals surface area contributed by atoms with Crippen molar-refractivity contribution >= 4 is 32.7 Å². The SMILES string of the molecule is CC(C)(C)c1ccnc(-n2c3[c-]c(Oc4ccc5c(C(C)(C)C)cc(C(C)(C)C)c(O)c5n4)ccc3c3ccccc32)c1.[Pt]. The van der Waals surface area contributed by atoms with Gasteiger partial charge >= 0.3 is 0 Å². The zero-order valence-corrected chi connectivity index (χ0v) is 29.2. The molecule has 0 fully saturated rings. The summed E-state index contributed by atoms with van der Waals surface area (Å²) in [6.07, 6.45) is 1.88. The average Bonchev–Trinajstić information content (AvgIpc) is 3.25. The number of aromatic nitrogens is 3. The van der Waals surface area contributed by atoms with Crippen molar-refractivity contribution in [3.8, 4) is 23.2 Å². The number of para-hydroxylation sites is 1. The number of aromatic hydroxyl groups is 1. The van der Waals surface area contributed by atoms with Crippen LogP contribution in [0.25, 0.3) is 38.5 Å². The summed E-state index contributed by atoms with van der Waals surface area (Å²) >= 11 is 0. The van der Waals surface area contributed by atoms with Gasteiger partial charge in [0.1, 0.15) is 17.1 Å². The van der Waals surface area contributed by atoms with Gasteiger partial charge in [-0.05, 0) is 57.0 Å². The minimum absolute atomic E-state index is 0. The Balaban J connectivity index is 0.00000384. The quantitative estimate of drug-likeness (QED) is 0.182. The Morgan fingerprint density at radius 1 is 0.727 bits per heavy atom. The summed E-state index contributed by atoms with van der Waals surface area (Å²) in [4.78, 5) is 9.62. The number of pyridine rings is 2. The molecule has 1 N–H and O–H groups in total. The Labute approximate surface area is 274 Å². The van der Waals surface area contributed by atoms with Gasteiger partial charge in [-0.2, -0.15) is 6.07 Å². The molecule has 3 aromatic carbocycles. The Hall–Kier alpha value is -3.69. The molecule has 0 aliphatic carbocycles. The van der Waals surface area contributed by atoms with E-state index in [1.807, 2.05) is 30.5 Å². The van der Waals surface area contributed by atoms with E-state index in [9.17, 15) is 5.11 Å². The van der Waals surface area contributed by atoms with Gasteiger partial charge in [0.05, 0.1) is 0 Å². The van der Waals surface area contributed by atoms with Crippen molar-refractivity contribution in [1.29, 1.82) is 0 Å². The first kappa shape index (κ1) is 31.7. The molecule has 0 amide bonds. The van der Waals surface area contributed by atoms with Crippen molar-refractivity contribution < 1.29 is 30.9 Å². The smallest absolute Gasteiger partial charge is 0.217 e. The number of ether oxygens (including phenoxy) is 1. The molecule has 0 aliphatic rings. The second-order valence-electron chi connectivity index (χ2n) is 14.6. The van der Waals surface area contributed by atoms with E-state index in [-0.39, 0.29) is 43.1 Å². The predicted octanol–water partition coefficient (Wildman–Crippen LogP) is 9.91. The standard InChI is InChI=1S/C38H40N3O2.Pt/c1-36(2,3)23-18-19-39-32(20-23)41-30-13-11-10-12-25(30)26-15-14-24(21-31(26)41)43-33-17-16-27-28(37(4,5)6)22-29(38(7,8)9)35(42)34(27)40-33;/h10-20,22,42H,1-9H3;/q-1;. The molecule has 6 heteroatoms. The fourth-order valence-corrected chi connectivity index (χ4v) is 5.80. The summed E-state index contributed by atoms with van der Waals surface area (Å²) in [6, 6.07) is 26.1. The summed E-state index contributed by atoms with van der Waals surface area (Å²) in [5.74, 6) is 1.98. The second-order valence-corrected chi connectivity index (χ2v) is 14.6. The molecule has 0 saturated heterocycles. The normalized spacial score (nSPS) is 12.6. The number of hydrogen-bond acceptors (Lipinski definition) is 4. The van der Waals surface area contributed by atoms with Gasteiger partial charge in [0.15, 0.2) is 0 Å². The van der Waals surface area contributed by atoms with Gasteiger partial charge in [-0.15, -0.1) is 17.5 Å². The van der Waals surface area contributed by atoms with Crippen molar-refractivity contribution in [2.45, 2.75) is 78.6 Å². The largest absolute Gasteiger partial charge is 0.505 e. The van der Waals surface area contributed by atoms with E-state index in [2.05, 4.69) is 115 Å². The summed E-state index contributed by atoms with van der Waals surface area (Å²) in [5.41, 5.74) is 5.33. The van der Waals surface area contributed by atoms with E-state index in [1.54, 1.807) is 0 Å². The molecule has 0 bridgehead atoms. The Bertz CT molecular complexity index is 2020. The average molecular weight is 766 g/mol. The maximum atomic E-state index is 11.4. The third-order valence-corrected chi connectivity index (χ3v) is 8.16. The molecule has 3 aromatic heterocycles. The number of benzene rings is 3. The van der Waals surface area contributed by atoms with E-state index >= 15 is 0 Å². The van der Waals surface area contributed by atoms with Crippen LogP contribution in [0.2, 0.25) is 0 Å². The number of rotatable bonds is 3. The van der Waals surface area contributed by atoms with Crippen LogP contribution in [-0.2, 0) is 37.3 Å². The van der Waals surface area contributed by atoms with Crippen LogP contribution in [0.15, 0.2) is 72.9 Å². The van der Waals surface area contributed by atoms with Gasteiger partial charge in [0.2, 0.25) is 5.88 Å². The molecule has 0 unspecified atom stereocenters. The molecule has 5 nitrogen and oxygen atoms in total. The van der Waals surface area contributed by atoms with E-state index in [0.717, 1.165) is 44.1 Å². The maximum absolute atomic E-state index is 11.4. The first-order chi connectivity index (χ1) is 20.1. The molecule has 0 saturated carbocycles. The van der Waals surface area contributed by atoms with Gasteiger partial charge in [-0.3, -0.25) is 0 Å². The van der Waals surface area contributed by atoms with Crippen LogP contribution in [0.5, 0.6) is 17.4 Å². The molecule has 0 spiro atoms. The molecule has 0 aliphatic heterocycles. The van der Waals surface area contributed by atoms with Gasteiger partial charge in [-0.25, -0.2) is 9.97 Å². The van der Waals surface area contributed by atoms with Crippen LogP contribution < -0.4 is 4.74 Å². The number of phenols is 1. The molecule has 3 heterocycles. The molecule has 0 atom stereocenters. The van der Waals surface area contributed by atoms with Crippen LogP contribution in [0.4, 0.5) is 0 Å². The van der Waals surface area contributed by atoms with Crippen LogP contribution in [0, 0.1) is 6.07 Å². The van der Waals surface area contributed by atoms with Crippen molar-refractivity contribution in [2.75, 3.05) is 0 Å². The molecule has 6 rings (SSSR count). The van der Waals surface area contributed by atoms with Crippen LogP contribution >= 0.6 is 0 Å². The first-order valence-corrected chi connectivity index (χ1v) is 14.9. The minimum Gasteiger partial charge on any atom is -0.505 e. The molecule has 0 radical (unpaired) electrons. The fourth-order valence-electron chi connectivity index (χ4n) is 5.80. The van der Waals surface area contributed by atoms with E-state index in [4.69, 9.17) is 14.7 Å². The van der Waals surface area contributed by atoms with Gasteiger partial charge in [0.25, 0.3) is 0 Å². The number of hydrogen-bond donors (Lipinski definition) is 1. The Morgan fingerprint density at radius 2 is 1.41 bits per heavy atom. The van der Waals surface area contributed by atoms with Crippen LogP contribution in [0.1, 0.15) is 79.0 Å². The molecular formula is C38H40N3O2Pt-. The first-order valence-electron chi connectivity index (χ1n) is 14.9. The number of nitrogens with zero attached hydrogens (tertiary/aromatic N) is 3. The van der Waals surface area contributed by atoms with Crippen LogP contribution in [-0.4, -0.2) is 19.6 Å². The van der Waals surface area contributed by atoms with Crippen LogP contribution in [0.3, 0.4) is 0 Å². The van der Waals surface area contributed by atoms with E-state index < -0.39 is 0 Å². The topological polar surface area (TPSA) is 60.2 Å². The molecule has 230 valence electrons. The zero-order chi connectivity index (χ0) is 30.9. The summed E-state index contributed by atoms with van der Waals surface area (Å²) in [5, 5.41) is 14.5. The third-order valence-electron chi connectivity index (χ3n) is 8.16. The van der Waals surface area contributed by atoms with Gasteiger partial charge in [-0.1, -0.05) is 92.1 Å². The number of phenolic OH excluding ortho intramolecular Hbond substituents is 1. The fraction of sp³-hybridized carbons (Fsp3) is 0.316.